The average Bonchev–Trinajstić information content (AvgIpc) is 2.73. The van der Waals surface area contributed by atoms with Crippen LogP contribution < -0.4 is 25.8 Å². The number of ether oxygens (including phenoxy) is 2. The van der Waals surface area contributed by atoms with Gasteiger partial charge in [-0.15, -0.1) is 16.3 Å². The fourth-order valence-electron chi connectivity index (χ4n) is 3.44. The number of aliphatic imine (C=N–C) groups is 2. The number of unbranched alkanes of at least 4 members (excludes halogenated alkanes) is 2. The third-order valence-electron chi connectivity index (χ3n) is 4.99. The van der Waals surface area contributed by atoms with Gasteiger partial charge in [0.15, 0.2) is 0 Å². The Kier molecular flexibility index (Phi) is 9.59. The van der Waals surface area contributed by atoms with Crippen LogP contribution in [-0.2, 0) is 10.2 Å². The number of rotatable bonds is 10. The predicted octanol–water partition coefficient (Wildman–Crippen LogP) is 4.23. The highest BCUT2D eigenvalue weighted by atomic mass is 35.5. The molecule has 0 fully saturated rings. The molecule has 0 radical (unpaired) electrons. The monoisotopic (exact) mass is 547 g/mol. The van der Waals surface area contributed by atoms with Crippen LogP contribution in [0.3, 0.4) is 0 Å². The Bertz CT molecular complexity index is 1190. The number of nitrogens with two attached hydrogens (primary N) is 2. The number of hydrogen-bond acceptors (Lipinski definition) is 9. The highest BCUT2D eigenvalue weighted by Gasteiger charge is 2.33. The molecule has 9 nitrogen and oxygen atoms in total. The number of nitrogens with zero attached hydrogens (tertiary/aromatic N) is 3. The Morgan fingerprint density at radius 1 is 1.03 bits per heavy atom. The van der Waals surface area contributed by atoms with Crippen LogP contribution in [0.2, 0.25) is 5.02 Å². The lowest BCUT2D eigenvalue weighted by atomic mass is 10.1. The maximum atomic E-state index is 12.9. The molecule has 1 aliphatic heterocycles. The van der Waals surface area contributed by atoms with Crippen molar-refractivity contribution < 1.29 is 21.8 Å². The number of anilines is 1. The minimum absolute atomic E-state index is 0. The zero-order chi connectivity index (χ0) is 24.9. The summed E-state index contributed by atoms with van der Waals surface area (Å²) in [6.45, 7) is 4.63. The van der Waals surface area contributed by atoms with Crippen LogP contribution >= 0.6 is 24.0 Å². The summed E-state index contributed by atoms with van der Waals surface area (Å²) in [6, 6.07) is 10.5. The Labute approximate surface area is 215 Å². The van der Waals surface area contributed by atoms with E-state index in [4.69, 9.17) is 32.5 Å². The molecule has 0 aromatic heterocycles. The maximum absolute atomic E-state index is 12.9. The molecule has 0 saturated carbocycles. The molecule has 0 spiro atoms. The fourth-order valence-corrected chi connectivity index (χ4v) is 4.08. The average molecular weight is 548 g/mol. The molecule has 0 amide bonds. The molecular weight excluding hydrogens is 520 g/mol. The zero-order valence-electron chi connectivity index (χ0n) is 19.3. The van der Waals surface area contributed by atoms with E-state index in [1.54, 1.807) is 17.0 Å². The first-order valence-corrected chi connectivity index (χ1v) is 12.3. The summed E-state index contributed by atoms with van der Waals surface area (Å²) in [6.07, 6.45) is 2.36. The van der Waals surface area contributed by atoms with Gasteiger partial charge in [0.05, 0.1) is 28.8 Å². The van der Waals surface area contributed by atoms with Crippen molar-refractivity contribution in [2.24, 2.45) is 21.5 Å². The molecule has 0 bridgehead atoms. The number of benzene rings is 2. The van der Waals surface area contributed by atoms with Crippen molar-refractivity contribution in [3.8, 4) is 11.5 Å². The highest BCUT2D eigenvalue weighted by Crippen LogP contribution is 2.34. The van der Waals surface area contributed by atoms with E-state index in [2.05, 4.69) is 9.98 Å². The third-order valence-corrected chi connectivity index (χ3v) is 6.13. The molecule has 1 heterocycles. The lowest BCUT2D eigenvalue weighted by molar-refractivity contribution is 0.279. The van der Waals surface area contributed by atoms with Crippen LogP contribution in [0, 0.1) is 0 Å². The van der Waals surface area contributed by atoms with Gasteiger partial charge in [0.2, 0.25) is 11.9 Å². The van der Waals surface area contributed by atoms with Gasteiger partial charge in [0.25, 0.3) is 0 Å². The van der Waals surface area contributed by atoms with Gasteiger partial charge in [-0.1, -0.05) is 11.6 Å². The number of guanidine groups is 2. The van der Waals surface area contributed by atoms with Crippen LogP contribution in [0.25, 0.3) is 0 Å². The van der Waals surface area contributed by atoms with Gasteiger partial charge >= 0.3 is 10.2 Å². The molecule has 13 heteroatoms. The van der Waals surface area contributed by atoms with Gasteiger partial charge in [0.1, 0.15) is 17.2 Å². The maximum Gasteiger partial charge on any atom is 0.332 e. The Balaban J connectivity index is 0.00000432. The topological polar surface area (TPSA) is 133 Å². The molecule has 4 N–H and O–H groups in total. The zero-order valence-corrected chi connectivity index (χ0v) is 21.7. The summed E-state index contributed by atoms with van der Waals surface area (Å²) < 4.78 is 46.0. The summed E-state index contributed by atoms with van der Waals surface area (Å²) in [4.78, 5) is 9.74. The van der Waals surface area contributed by atoms with E-state index < -0.39 is 20.8 Å². The fraction of sp³-hybridized carbons (Fsp3) is 0.364. The lowest BCUT2D eigenvalue weighted by Crippen LogP contribution is -2.54. The summed E-state index contributed by atoms with van der Waals surface area (Å²) in [5, 5.41) is 0.471. The van der Waals surface area contributed by atoms with Crippen molar-refractivity contribution in [2.75, 3.05) is 18.1 Å². The van der Waals surface area contributed by atoms with Gasteiger partial charge in [-0.2, -0.15) is 13.4 Å². The van der Waals surface area contributed by atoms with Crippen molar-refractivity contribution in [1.29, 1.82) is 0 Å². The van der Waals surface area contributed by atoms with Crippen LogP contribution in [0.1, 0.15) is 33.1 Å². The third kappa shape index (κ3) is 7.61. The second-order valence-electron chi connectivity index (χ2n) is 8.05. The summed E-state index contributed by atoms with van der Waals surface area (Å²) in [5.74, 6) is 1.34. The molecule has 35 heavy (non-hydrogen) atoms. The Morgan fingerprint density at radius 3 is 2.26 bits per heavy atom. The van der Waals surface area contributed by atoms with Gasteiger partial charge in [-0.25, -0.2) is 4.99 Å². The summed E-state index contributed by atoms with van der Waals surface area (Å²) >= 11 is 6.30. The van der Waals surface area contributed by atoms with E-state index >= 15 is 0 Å². The first kappa shape index (κ1) is 28.5. The van der Waals surface area contributed by atoms with Gasteiger partial charge in [-0.3, -0.25) is 4.90 Å². The standard InChI is InChI=1S/C22H27ClFN5O4S.ClH/c1-22(2)28-20(25)27-21(26)29(22)15-6-11-18(23)19(14-15)33-13-5-3-4-12-32-16-7-9-17(10-8-16)34(24,30)31;/h6-11,14H,3-5,12-13H2,1-2H3,(H4,25,26,27,28);1H. The Hall–Kier alpha value is -2.76. The van der Waals surface area contributed by atoms with Crippen molar-refractivity contribution in [3.05, 3.63) is 47.5 Å². The van der Waals surface area contributed by atoms with E-state index in [9.17, 15) is 12.3 Å². The summed E-state index contributed by atoms with van der Waals surface area (Å²) in [7, 11) is -4.71. The largest absolute Gasteiger partial charge is 0.494 e. The minimum Gasteiger partial charge on any atom is -0.494 e. The predicted molar refractivity (Wildman–Crippen MR) is 138 cm³/mol. The van der Waals surface area contributed by atoms with Crippen molar-refractivity contribution in [3.63, 3.8) is 0 Å². The van der Waals surface area contributed by atoms with Crippen molar-refractivity contribution >= 4 is 51.8 Å². The molecule has 3 rings (SSSR count). The smallest absolute Gasteiger partial charge is 0.332 e. The Morgan fingerprint density at radius 2 is 1.66 bits per heavy atom. The number of hydrogen-bond donors (Lipinski definition) is 2. The van der Waals surface area contributed by atoms with E-state index in [-0.39, 0.29) is 24.3 Å². The molecule has 1 aliphatic rings. The van der Waals surface area contributed by atoms with Gasteiger partial charge in [-0.05, 0) is 69.5 Å². The van der Waals surface area contributed by atoms with Gasteiger partial charge < -0.3 is 20.9 Å². The van der Waals surface area contributed by atoms with Crippen molar-refractivity contribution in [1.82, 2.24) is 0 Å². The second kappa shape index (κ2) is 11.8. The molecule has 0 unspecified atom stereocenters. The molecule has 0 atom stereocenters. The molecule has 192 valence electrons. The van der Waals surface area contributed by atoms with Crippen LogP contribution in [0.4, 0.5) is 9.57 Å². The normalized spacial score (nSPS) is 15.0. The molecule has 0 aliphatic carbocycles. The van der Waals surface area contributed by atoms with Crippen molar-refractivity contribution in [2.45, 2.75) is 43.7 Å². The molecule has 0 saturated heterocycles. The van der Waals surface area contributed by atoms with Gasteiger partial charge in [0, 0.05) is 6.07 Å². The van der Waals surface area contributed by atoms with Crippen LogP contribution in [-0.4, -0.2) is 39.2 Å². The second-order valence-corrected chi connectivity index (χ2v) is 9.81. The highest BCUT2D eigenvalue weighted by molar-refractivity contribution is 7.86. The molecular formula is C22H28Cl2FN5O4S. The first-order chi connectivity index (χ1) is 16.0. The van der Waals surface area contributed by atoms with Crippen LogP contribution in [0.15, 0.2) is 57.3 Å². The number of halogens is 3. The molecule has 2 aromatic carbocycles. The van der Waals surface area contributed by atoms with E-state index in [1.807, 2.05) is 19.9 Å². The minimum atomic E-state index is -4.71. The quantitative estimate of drug-likeness (QED) is 0.335. The van der Waals surface area contributed by atoms with E-state index in [0.717, 1.165) is 24.9 Å². The van der Waals surface area contributed by atoms with E-state index in [1.165, 1.54) is 24.3 Å². The molecule has 2 aromatic rings. The first-order valence-electron chi connectivity index (χ1n) is 10.6. The summed E-state index contributed by atoms with van der Waals surface area (Å²) in [5.41, 5.74) is 11.8. The van der Waals surface area contributed by atoms with E-state index in [0.29, 0.717) is 29.7 Å². The lowest BCUT2D eigenvalue weighted by Gasteiger charge is -2.38. The SMILES string of the molecule is CC1(C)N=C(N)N=C(N)N1c1ccc(Cl)c(OCCCCCOc2ccc(S(=O)(=O)F)cc2)c1.Cl. The van der Waals surface area contributed by atoms with Crippen LogP contribution in [0.5, 0.6) is 11.5 Å².